The highest BCUT2D eigenvalue weighted by Crippen LogP contribution is 2.30. The van der Waals surface area contributed by atoms with E-state index in [9.17, 15) is 45.6 Å². The molecule has 1 amide bonds. The van der Waals surface area contributed by atoms with Crippen LogP contribution in [0.2, 0.25) is 0 Å². The molecule has 408 valence electrons. The van der Waals surface area contributed by atoms with Gasteiger partial charge < -0.3 is 65.1 Å². The molecule has 2 saturated heterocycles. The van der Waals surface area contributed by atoms with Crippen LogP contribution in [0, 0.1) is 0 Å². The Hall–Kier alpha value is -1.27. The van der Waals surface area contributed by atoms with E-state index in [1.165, 1.54) is 173 Å². The van der Waals surface area contributed by atoms with Crippen molar-refractivity contribution in [3.8, 4) is 0 Å². The van der Waals surface area contributed by atoms with E-state index < -0.39 is 86.8 Å². The number of carbonyl (C=O) groups is 1. The first kappa shape index (κ1) is 63.8. The highest BCUT2D eigenvalue weighted by Gasteiger charge is 2.51. The minimum Gasteiger partial charge on any atom is -0.394 e. The second-order valence-electron chi connectivity index (χ2n) is 20.4. The zero-order valence-electron chi connectivity index (χ0n) is 43.6. The molecule has 12 atom stereocenters. The molecule has 0 saturated carbocycles. The van der Waals surface area contributed by atoms with Crippen LogP contribution in [-0.2, 0) is 23.7 Å². The molecule has 2 rings (SSSR count). The second kappa shape index (κ2) is 42.1. The van der Waals surface area contributed by atoms with Crippen molar-refractivity contribution in [3.05, 3.63) is 12.2 Å². The molecule has 0 aromatic rings. The summed E-state index contributed by atoms with van der Waals surface area (Å²) in [5, 5.41) is 86.9. The number of hydrogen-bond acceptors (Lipinski definition) is 13. The summed E-state index contributed by atoms with van der Waals surface area (Å²) in [4.78, 5) is 13.2. The number of allylic oxidation sites excluding steroid dienone is 1. The maximum Gasteiger partial charge on any atom is 0.220 e. The number of rotatable bonds is 45. The molecule has 0 bridgehead atoms. The molecule has 0 aliphatic carbocycles. The van der Waals surface area contributed by atoms with Gasteiger partial charge in [0.05, 0.1) is 32.0 Å². The highest BCUT2D eigenvalue weighted by atomic mass is 16.7. The fourth-order valence-electron chi connectivity index (χ4n) is 9.59. The van der Waals surface area contributed by atoms with Gasteiger partial charge in [-0.2, -0.15) is 0 Å². The smallest absolute Gasteiger partial charge is 0.220 e. The van der Waals surface area contributed by atoms with Crippen molar-refractivity contribution in [2.75, 3.05) is 19.8 Å². The van der Waals surface area contributed by atoms with Crippen LogP contribution in [-0.4, -0.2) is 140 Å². The van der Waals surface area contributed by atoms with Gasteiger partial charge in [-0.3, -0.25) is 4.79 Å². The summed E-state index contributed by atoms with van der Waals surface area (Å²) in [6, 6.07) is -0.908. The third kappa shape index (κ3) is 28.7. The Kier molecular flexibility index (Phi) is 39.0. The van der Waals surface area contributed by atoms with Gasteiger partial charge in [0.25, 0.3) is 0 Å². The molecule has 2 heterocycles. The van der Waals surface area contributed by atoms with E-state index in [0.29, 0.717) is 6.42 Å². The van der Waals surface area contributed by atoms with E-state index >= 15 is 0 Å². The number of ether oxygens (including phenoxy) is 4. The number of carbonyl (C=O) groups excluding carboxylic acids is 1. The van der Waals surface area contributed by atoms with Gasteiger partial charge in [0.15, 0.2) is 12.6 Å². The summed E-state index contributed by atoms with van der Waals surface area (Å²) >= 11 is 0. The lowest BCUT2D eigenvalue weighted by atomic mass is 9.97. The van der Waals surface area contributed by atoms with Crippen LogP contribution in [0.4, 0.5) is 0 Å². The first-order chi connectivity index (χ1) is 33.6. The quantitative estimate of drug-likeness (QED) is 0.0206. The zero-order valence-corrected chi connectivity index (χ0v) is 43.6. The Labute approximate surface area is 418 Å². The van der Waals surface area contributed by atoms with Crippen LogP contribution in [0.3, 0.4) is 0 Å². The van der Waals surface area contributed by atoms with Crippen LogP contribution >= 0.6 is 0 Å². The molecule has 2 fully saturated rings. The zero-order chi connectivity index (χ0) is 50.3. The van der Waals surface area contributed by atoms with Crippen molar-refractivity contribution in [1.82, 2.24) is 5.32 Å². The van der Waals surface area contributed by atoms with Gasteiger partial charge in [0.1, 0.15) is 48.8 Å². The van der Waals surface area contributed by atoms with Gasteiger partial charge in [0.2, 0.25) is 5.91 Å². The predicted octanol–water partition coefficient (Wildman–Crippen LogP) is 8.72. The minimum atomic E-state index is -1.78. The lowest BCUT2D eigenvalue weighted by molar-refractivity contribution is -0.359. The fourth-order valence-corrected chi connectivity index (χ4v) is 9.59. The van der Waals surface area contributed by atoms with Crippen molar-refractivity contribution < 1.29 is 64.6 Å². The first-order valence-electron chi connectivity index (χ1n) is 28.4. The van der Waals surface area contributed by atoms with Gasteiger partial charge >= 0.3 is 0 Å². The molecular formula is C55H105NO13. The largest absolute Gasteiger partial charge is 0.394 e. The van der Waals surface area contributed by atoms with Crippen LogP contribution in [0.5, 0.6) is 0 Å². The van der Waals surface area contributed by atoms with Crippen molar-refractivity contribution in [1.29, 1.82) is 0 Å². The summed E-state index contributed by atoms with van der Waals surface area (Å²) < 4.78 is 22.7. The van der Waals surface area contributed by atoms with Crippen molar-refractivity contribution in [2.24, 2.45) is 0 Å². The van der Waals surface area contributed by atoms with Gasteiger partial charge in [-0.1, -0.05) is 225 Å². The molecule has 0 spiro atoms. The molecule has 14 heteroatoms. The van der Waals surface area contributed by atoms with E-state index in [1.807, 2.05) is 6.08 Å². The van der Waals surface area contributed by atoms with Crippen molar-refractivity contribution in [2.45, 2.75) is 312 Å². The number of unbranched alkanes of at least 4 members (excludes halogenated alkanes) is 32. The van der Waals surface area contributed by atoms with E-state index in [0.717, 1.165) is 38.5 Å². The standard InChI is InChI=1S/C55H105NO13/c1-3-5-7-9-11-13-15-17-18-19-20-21-22-23-24-25-27-28-30-32-34-36-38-44(59)43(56-47(60)39-37-35-33-31-29-26-16-14-12-10-8-6-4-2)42-66-54-52(65)50(63)53(46(41-58)68-54)69-55-51(64)49(62)48(61)45(40-57)67-55/h36,38,43-46,48-55,57-59,61-65H,3-35,37,39-42H2,1-2H3,(H,56,60)/b38-36+. The lowest BCUT2D eigenvalue weighted by Crippen LogP contribution is -2.65. The normalized spacial score (nSPS) is 26.2. The van der Waals surface area contributed by atoms with Crippen LogP contribution in [0.1, 0.15) is 239 Å². The molecule has 69 heavy (non-hydrogen) atoms. The predicted molar refractivity (Wildman–Crippen MR) is 272 cm³/mol. The summed E-state index contributed by atoms with van der Waals surface area (Å²) in [5.74, 6) is -0.236. The van der Waals surface area contributed by atoms with E-state index in [1.54, 1.807) is 6.08 Å². The minimum absolute atomic E-state index is 0.236. The summed E-state index contributed by atoms with van der Waals surface area (Å²) in [7, 11) is 0. The first-order valence-corrected chi connectivity index (χ1v) is 28.4. The van der Waals surface area contributed by atoms with Crippen LogP contribution in [0.15, 0.2) is 12.2 Å². The molecule has 0 aromatic heterocycles. The van der Waals surface area contributed by atoms with Crippen molar-refractivity contribution in [3.63, 3.8) is 0 Å². The van der Waals surface area contributed by atoms with E-state index in [-0.39, 0.29) is 18.9 Å². The van der Waals surface area contributed by atoms with Gasteiger partial charge in [0, 0.05) is 6.42 Å². The molecule has 14 nitrogen and oxygen atoms in total. The lowest BCUT2D eigenvalue weighted by Gasteiger charge is -2.46. The fraction of sp³-hybridized carbons (Fsp3) is 0.945. The third-order valence-corrected chi connectivity index (χ3v) is 14.2. The molecule has 2 aliphatic rings. The topological polar surface area (TPSA) is 228 Å². The van der Waals surface area contributed by atoms with Gasteiger partial charge in [-0.05, 0) is 19.3 Å². The number of aliphatic hydroxyl groups excluding tert-OH is 8. The number of nitrogens with one attached hydrogen (secondary N) is 1. The Balaban J connectivity index is 1.78. The summed E-state index contributed by atoms with van der Waals surface area (Å²) in [5.41, 5.74) is 0. The van der Waals surface area contributed by atoms with Gasteiger partial charge in [-0.25, -0.2) is 0 Å². The van der Waals surface area contributed by atoms with Gasteiger partial charge in [-0.15, -0.1) is 0 Å². The SMILES string of the molecule is CCCCCCCCCCCCCCCCCCCCCC/C=C/C(O)C(COC1OC(CO)C(OC2OC(CO)C(O)C(O)C2O)C(O)C1O)NC(=O)CCCCCCCCCCCCCCC. The Morgan fingerprint density at radius 3 is 1.33 bits per heavy atom. The number of aliphatic hydroxyl groups is 8. The molecular weight excluding hydrogens is 883 g/mol. The van der Waals surface area contributed by atoms with E-state index in [4.69, 9.17) is 18.9 Å². The molecule has 12 unspecified atom stereocenters. The second-order valence-corrected chi connectivity index (χ2v) is 20.4. The monoisotopic (exact) mass is 988 g/mol. The number of hydrogen-bond donors (Lipinski definition) is 9. The number of amides is 1. The summed E-state index contributed by atoms with van der Waals surface area (Å²) in [6.07, 6.45) is 29.6. The third-order valence-electron chi connectivity index (χ3n) is 14.2. The van der Waals surface area contributed by atoms with Crippen molar-refractivity contribution >= 4 is 5.91 Å². The molecule has 9 N–H and O–H groups in total. The average Bonchev–Trinajstić information content (AvgIpc) is 3.35. The highest BCUT2D eigenvalue weighted by molar-refractivity contribution is 5.76. The maximum absolute atomic E-state index is 13.2. The van der Waals surface area contributed by atoms with Crippen LogP contribution < -0.4 is 5.32 Å². The Bertz CT molecular complexity index is 1210. The molecule has 2 aliphatic heterocycles. The Morgan fingerprint density at radius 1 is 0.507 bits per heavy atom. The Morgan fingerprint density at radius 2 is 0.899 bits per heavy atom. The van der Waals surface area contributed by atoms with Crippen LogP contribution in [0.25, 0.3) is 0 Å². The maximum atomic E-state index is 13.2. The molecule has 0 radical (unpaired) electrons. The summed E-state index contributed by atoms with van der Waals surface area (Å²) in [6.45, 7) is 2.81. The van der Waals surface area contributed by atoms with E-state index in [2.05, 4.69) is 19.2 Å². The average molecular weight is 988 g/mol. The molecule has 0 aromatic carbocycles.